The fourth-order valence-electron chi connectivity index (χ4n) is 2.93. The molecule has 3 nitrogen and oxygen atoms in total. The number of nitrogens with one attached hydrogen (secondary N) is 1. The number of likely N-dealkylation sites (N-methyl/N-ethyl adjacent to an activating group) is 1. The van der Waals surface area contributed by atoms with Gasteiger partial charge in [0.15, 0.2) is 0 Å². The maximum absolute atomic E-state index is 3.28. The Hall–Kier alpha value is -1.06. The van der Waals surface area contributed by atoms with Gasteiger partial charge in [-0.05, 0) is 58.1 Å². The summed E-state index contributed by atoms with van der Waals surface area (Å²) >= 11 is 0. The van der Waals surface area contributed by atoms with Crippen LogP contribution < -0.4 is 10.2 Å². The van der Waals surface area contributed by atoms with Crippen LogP contribution in [0.15, 0.2) is 18.2 Å². The van der Waals surface area contributed by atoms with Gasteiger partial charge in [-0.2, -0.15) is 0 Å². The molecule has 0 aromatic heterocycles. The number of piperazine rings is 1. The number of hydrogen-bond donors (Lipinski definition) is 1. The van der Waals surface area contributed by atoms with E-state index in [4.69, 9.17) is 0 Å². The summed E-state index contributed by atoms with van der Waals surface area (Å²) in [6.45, 7) is 8.99. The van der Waals surface area contributed by atoms with Crippen LogP contribution in [0.5, 0.6) is 0 Å². The average Bonchev–Trinajstić information content (AvgIpc) is 2.40. The van der Waals surface area contributed by atoms with Crippen molar-refractivity contribution in [1.29, 1.82) is 0 Å². The van der Waals surface area contributed by atoms with Crippen LogP contribution >= 0.6 is 0 Å². The van der Waals surface area contributed by atoms with E-state index in [1.54, 1.807) is 0 Å². The average molecular weight is 261 g/mol. The molecule has 0 amide bonds. The molecule has 1 saturated heterocycles. The van der Waals surface area contributed by atoms with Crippen molar-refractivity contribution < 1.29 is 0 Å². The summed E-state index contributed by atoms with van der Waals surface area (Å²) in [4.78, 5) is 5.06. The van der Waals surface area contributed by atoms with Gasteiger partial charge >= 0.3 is 0 Å². The van der Waals surface area contributed by atoms with E-state index in [-0.39, 0.29) is 0 Å². The second kappa shape index (κ2) is 6.40. The number of benzene rings is 1. The van der Waals surface area contributed by atoms with E-state index in [2.05, 4.69) is 54.2 Å². The summed E-state index contributed by atoms with van der Waals surface area (Å²) in [5, 5.41) is 3.28. The molecule has 0 bridgehead atoms. The van der Waals surface area contributed by atoms with Crippen molar-refractivity contribution in [2.75, 3.05) is 45.2 Å². The van der Waals surface area contributed by atoms with Gasteiger partial charge in [-0.1, -0.05) is 12.1 Å². The molecule has 1 N–H and O–H groups in total. The minimum absolute atomic E-state index is 0.617. The second-order valence-corrected chi connectivity index (χ2v) is 5.72. The van der Waals surface area contributed by atoms with Gasteiger partial charge in [0.05, 0.1) is 0 Å². The fraction of sp³-hybridized carbons (Fsp3) is 0.625. The normalized spacial score (nSPS) is 20.8. The van der Waals surface area contributed by atoms with E-state index in [1.165, 1.54) is 23.2 Å². The lowest BCUT2D eigenvalue weighted by molar-refractivity contribution is 0.260. The highest BCUT2D eigenvalue weighted by molar-refractivity contribution is 5.57. The molecule has 1 atom stereocenters. The molecule has 106 valence electrons. The maximum atomic E-state index is 3.28. The van der Waals surface area contributed by atoms with Gasteiger partial charge in [-0.3, -0.25) is 0 Å². The molecule has 19 heavy (non-hydrogen) atoms. The van der Waals surface area contributed by atoms with Crippen LogP contribution in [0.25, 0.3) is 0 Å². The topological polar surface area (TPSA) is 18.5 Å². The van der Waals surface area contributed by atoms with E-state index in [9.17, 15) is 0 Å². The zero-order valence-corrected chi connectivity index (χ0v) is 12.7. The molecule has 0 aliphatic carbocycles. The van der Waals surface area contributed by atoms with Crippen molar-refractivity contribution in [3.8, 4) is 0 Å². The molecule has 0 spiro atoms. The van der Waals surface area contributed by atoms with Crippen molar-refractivity contribution >= 4 is 5.69 Å². The van der Waals surface area contributed by atoms with Gasteiger partial charge in [0, 0.05) is 31.4 Å². The molecule has 1 fully saturated rings. The lowest BCUT2D eigenvalue weighted by atomic mass is 10.0. The summed E-state index contributed by atoms with van der Waals surface area (Å²) in [5.41, 5.74) is 4.25. The number of anilines is 1. The molecule has 1 unspecified atom stereocenters. The third-order valence-electron chi connectivity index (χ3n) is 4.30. The first kappa shape index (κ1) is 14.4. The summed E-state index contributed by atoms with van der Waals surface area (Å²) in [6, 6.07) is 7.29. The van der Waals surface area contributed by atoms with Crippen LogP contribution in [0.2, 0.25) is 0 Å². The Kier molecular flexibility index (Phi) is 4.83. The van der Waals surface area contributed by atoms with Crippen molar-refractivity contribution in [3.63, 3.8) is 0 Å². The quantitative estimate of drug-likeness (QED) is 0.895. The number of nitrogens with zero attached hydrogens (tertiary/aromatic N) is 2. The van der Waals surface area contributed by atoms with Crippen LogP contribution in [0.1, 0.15) is 17.5 Å². The smallest absolute Gasteiger partial charge is 0.0429 e. The SMILES string of the molecule is CNCCC1CN(C)CCN1c1cccc(C)c1C. The summed E-state index contributed by atoms with van der Waals surface area (Å²) in [6.07, 6.45) is 1.20. The highest BCUT2D eigenvalue weighted by atomic mass is 15.3. The summed E-state index contributed by atoms with van der Waals surface area (Å²) < 4.78 is 0. The largest absolute Gasteiger partial charge is 0.366 e. The van der Waals surface area contributed by atoms with E-state index < -0.39 is 0 Å². The molecule has 1 aliphatic heterocycles. The predicted octanol–water partition coefficient (Wildman–Crippen LogP) is 2.03. The van der Waals surface area contributed by atoms with E-state index in [0.29, 0.717) is 6.04 Å². The minimum Gasteiger partial charge on any atom is -0.366 e. The van der Waals surface area contributed by atoms with Crippen LogP contribution in [-0.2, 0) is 0 Å². The molecule has 1 heterocycles. The minimum atomic E-state index is 0.617. The Labute approximate surface area is 117 Å². The third-order valence-corrected chi connectivity index (χ3v) is 4.30. The molecular weight excluding hydrogens is 234 g/mol. The van der Waals surface area contributed by atoms with Crippen molar-refractivity contribution in [2.24, 2.45) is 0 Å². The molecular formula is C16H27N3. The summed E-state index contributed by atoms with van der Waals surface area (Å²) in [7, 11) is 4.27. The highest BCUT2D eigenvalue weighted by Gasteiger charge is 2.25. The van der Waals surface area contributed by atoms with Crippen LogP contribution in [0.3, 0.4) is 0 Å². The number of hydrogen-bond acceptors (Lipinski definition) is 3. The van der Waals surface area contributed by atoms with E-state index in [0.717, 1.165) is 26.2 Å². The van der Waals surface area contributed by atoms with Gasteiger partial charge < -0.3 is 15.1 Å². The second-order valence-electron chi connectivity index (χ2n) is 5.72. The number of aryl methyl sites for hydroxylation is 1. The molecule has 3 heteroatoms. The zero-order chi connectivity index (χ0) is 13.8. The van der Waals surface area contributed by atoms with Gasteiger partial charge in [0.1, 0.15) is 0 Å². The van der Waals surface area contributed by atoms with E-state index in [1.807, 2.05) is 7.05 Å². The van der Waals surface area contributed by atoms with E-state index >= 15 is 0 Å². The van der Waals surface area contributed by atoms with Gasteiger partial charge in [-0.25, -0.2) is 0 Å². The Morgan fingerprint density at radius 1 is 1.26 bits per heavy atom. The Balaban J connectivity index is 2.21. The molecule has 0 radical (unpaired) electrons. The standard InChI is InChI=1S/C16H27N3/c1-13-6-5-7-16(14(13)2)19-11-10-18(4)12-15(19)8-9-17-3/h5-7,15,17H,8-12H2,1-4H3. The predicted molar refractivity (Wildman–Crippen MR) is 83.1 cm³/mol. The monoisotopic (exact) mass is 261 g/mol. The van der Waals surface area contributed by atoms with Gasteiger partial charge in [0.2, 0.25) is 0 Å². The first-order valence-electron chi connectivity index (χ1n) is 7.29. The maximum Gasteiger partial charge on any atom is 0.0429 e. The molecule has 0 saturated carbocycles. The van der Waals surface area contributed by atoms with Crippen molar-refractivity contribution in [2.45, 2.75) is 26.3 Å². The molecule has 2 rings (SSSR count). The van der Waals surface area contributed by atoms with Gasteiger partial charge in [0.25, 0.3) is 0 Å². The first-order chi connectivity index (χ1) is 9.13. The Morgan fingerprint density at radius 3 is 2.79 bits per heavy atom. The van der Waals surface area contributed by atoms with Gasteiger partial charge in [-0.15, -0.1) is 0 Å². The molecule has 1 aromatic rings. The fourth-order valence-corrected chi connectivity index (χ4v) is 2.93. The zero-order valence-electron chi connectivity index (χ0n) is 12.7. The Bertz CT molecular complexity index is 416. The highest BCUT2D eigenvalue weighted by Crippen LogP contribution is 2.27. The lowest BCUT2D eigenvalue weighted by Crippen LogP contribution is -2.53. The van der Waals surface area contributed by atoms with Crippen molar-refractivity contribution in [3.05, 3.63) is 29.3 Å². The summed E-state index contributed by atoms with van der Waals surface area (Å²) in [5.74, 6) is 0. The molecule has 1 aromatic carbocycles. The van der Waals surface area contributed by atoms with Crippen molar-refractivity contribution in [1.82, 2.24) is 10.2 Å². The van der Waals surface area contributed by atoms with Crippen LogP contribution in [-0.4, -0.2) is 51.2 Å². The third kappa shape index (κ3) is 3.28. The van der Waals surface area contributed by atoms with Crippen LogP contribution in [0, 0.1) is 13.8 Å². The Morgan fingerprint density at radius 2 is 2.05 bits per heavy atom. The molecule has 1 aliphatic rings. The van der Waals surface area contributed by atoms with Crippen LogP contribution in [0.4, 0.5) is 5.69 Å². The lowest BCUT2D eigenvalue weighted by Gasteiger charge is -2.42. The number of rotatable bonds is 4. The first-order valence-corrected chi connectivity index (χ1v) is 7.29.